The van der Waals surface area contributed by atoms with Crippen LogP contribution in [0.2, 0.25) is 0 Å². The van der Waals surface area contributed by atoms with Gasteiger partial charge in [-0.25, -0.2) is 0 Å². The van der Waals surface area contributed by atoms with Crippen molar-refractivity contribution in [2.45, 2.75) is 44.7 Å². The van der Waals surface area contributed by atoms with Crippen molar-refractivity contribution in [2.75, 3.05) is 6.61 Å². The minimum absolute atomic E-state index is 0.0764. The first-order valence-corrected chi connectivity index (χ1v) is 7.47. The van der Waals surface area contributed by atoms with Crippen LogP contribution in [-0.4, -0.2) is 27.1 Å². The Kier molecular flexibility index (Phi) is 5.89. The van der Waals surface area contributed by atoms with Crippen molar-refractivity contribution in [3.63, 3.8) is 0 Å². The lowest BCUT2D eigenvalue weighted by atomic mass is 10.2. The Morgan fingerprint density at radius 2 is 2.00 bits per heavy atom. The van der Waals surface area contributed by atoms with Crippen molar-refractivity contribution in [3.05, 3.63) is 24.0 Å². The molecule has 2 atom stereocenters. The summed E-state index contributed by atoms with van der Waals surface area (Å²) in [6.45, 7) is 5.84. The Labute approximate surface area is 125 Å². The zero-order chi connectivity index (χ0) is 16.3. The van der Waals surface area contributed by atoms with Gasteiger partial charge in [0.25, 0.3) is 0 Å². The number of halogens is 3. The van der Waals surface area contributed by atoms with Gasteiger partial charge < -0.3 is 9.29 Å². The van der Waals surface area contributed by atoms with E-state index < -0.39 is 28.9 Å². The molecule has 0 aliphatic heterocycles. The van der Waals surface area contributed by atoms with Gasteiger partial charge in [-0.3, -0.25) is 4.98 Å². The van der Waals surface area contributed by atoms with E-state index >= 15 is 0 Å². The van der Waals surface area contributed by atoms with Gasteiger partial charge >= 0.3 is 6.18 Å². The maximum atomic E-state index is 12.1. The summed E-state index contributed by atoms with van der Waals surface area (Å²) in [5.41, 5.74) is 0.465. The van der Waals surface area contributed by atoms with Gasteiger partial charge in [0.2, 0.25) is 0 Å². The van der Waals surface area contributed by atoms with E-state index in [2.05, 4.69) is 14.4 Å². The zero-order valence-electron chi connectivity index (χ0n) is 12.3. The van der Waals surface area contributed by atoms with E-state index in [0.29, 0.717) is 5.69 Å². The molecular weight excluding hydrogens is 305 g/mol. The number of pyridine rings is 1. The van der Waals surface area contributed by atoms with Gasteiger partial charge in [0.05, 0.1) is 11.7 Å². The quantitative estimate of drug-likeness (QED) is 0.846. The Bertz CT molecular complexity index is 463. The highest BCUT2D eigenvalue weighted by Gasteiger charge is 2.30. The molecule has 0 fully saturated rings. The van der Waals surface area contributed by atoms with Crippen LogP contribution < -0.4 is 9.46 Å². The number of alkyl halides is 3. The standard InChI is InChI=1S/C13H19F3N2O2S/c1-9(18-21(19)12(2,3)4)11-7-10(5-6-17-11)20-8-13(14,15)16/h5-7,9,18H,8H2,1-4H3/t9-,21?/m1/s1. The van der Waals surface area contributed by atoms with Crippen LogP contribution in [-0.2, 0) is 11.4 Å². The second kappa shape index (κ2) is 6.85. The lowest BCUT2D eigenvalue weighted by Gasteiger charge is -2.26. The van der Waals surface area contributed by atoms with Crippen molar-refractivity contribution in [1.29, 1.82) is 0 Å². The molecule has 120 valence electrons. The lowest BCUT2D eigenvalue weighted by Crippen LogP contribution is -2.40. The van der Waals surface area contributed by atoms with Crippen LogP contribution in [0.4, 0.5) is 13.2 Å². The normalized spacial score (nSPS) is 15.6. The number of nitrogens with zero attached hydrogens (tertiary/aromatic N) is 1. The fourth-order valence-corrected chi connectivity index (χ4v) is 2.11. The molecule has 1 unspecified atom stereocenters. The minimum Gasteiger partial charge on any atom is -0.598 e. The van der Waals surface area contributed by atoms with E-state index in [1.54, 1.807) is 6.92 Å². The lowest BCUT2D eigenvalue weighted by molar-refractivity contribution is -0.153. The van der Waals surface area contributed by atoms with Crippen LogP contribution in [0.15, 0.2) is 18.3 Å². The molecule has 1 aromatic rings. The molecule has 0 spiro atoms. The van der Waals surface area contributed by atoms with Gasteiger partial charge in [0.1, 0.15) is 10.5 Å². The molecule has 4 nitrogen and oxygen atoms in total. The van der Waals surface area contributed by atoms with Gasteiger partial charge in [-0.2, -0.15) is 13.2 Å². The van der Waals surface area contributed by atoms with Crippen LogP contribution in [0.25, 0.3) is 0 Å². The van der Waals surface area contributed by atoms with E-state index in [1.165, 1.54) is 18.3 Å². The summed E-state index contributed by atoms with van der Waals surface area (Å²) >= 11 is -1.30. The first-order valence-electron chi connectivity index (χ1n) is 6.32. The molecule has 0 amide bonds. The van der Waals surface area contributed by atoms with Crippen LogP contribution in [0.5, 0.6) is 5.75 Å². The molecule has 8 heteroatoms. The van der Waals surface area contributed by atoms with Gasteiger partial charge in [0.15, 0.2) is 6.61 Å². The second-order valence-electron chi connectivity index (χ2n) is 5.54. The smallest absolute Gasteiger partial charge is 0.422 e. The fourth-order valence-electron chi connectivity index (χ4n) is 1.32. The third kappa shape index (κ3) is 6.54. The summed E-state index contributed by atoms with van der Waals surface area (Å²) in [5.74, 6) is 0.0764. The van der Waals surface area contributed by atoms with Gasteiger partial charge in [-0.1, -0.05) is 0 Å². The van der Waals surface area contributed by atoms with E-state index in [-0.39, 0.29) is 11.8 Å². The SMILES string of the molecule is C[C@@H](N[S+]([O-])C(C)(C)C)c1cc(OCC(F)(F)F)ccn1. The molecular formula is C13H19F3N2O2S. The molecule has 0 aliphatic carbocycles. The Balaban J connectivity index is 2.71. The third-order valence-electron chi connectivity index (χ3n) is 2.44. The van der Waals surface area contributed by atoms with E-state index in [1.807, 2.05) is 20.8 Å². The Morgan fingerprint density at radius 1 is 1.38 bits per heavy atom. The van der Waals surface area contributed by atoms with E-state index in [9.17, 15) is 17.7 Å². The average molecular weight is 324 g/mol. The fraction of sp³-hybridized carbons (Fsp3) is 0.615. The molecule has 0 bridgehead atoms. The summed E-state index contributed by atoms with van der Waals surface area (Å²) < 4.78 is 55.4. The van der Waals surface area contributed by atoms with Crippen LogP contribution in [0, 0.1) is 0 Å². The molecule has 1 aromatic heterocycles. The Morgan fingerprint density at radius 3 is 2.52 bits per heavy atom. The first-order chi connectivity index (χ1) is 9.49. The maximum absolute atomic E-state index is 12.1. The van der Waals surface area contributed by atoms with E-state index in [0.717, 1.165) is 0 Å². The minimum atomic E-state index is -4.39. The summed E-state index contributed by atoms with van der Waals surface area (Å²) in [4.78, 5) is 4.06. The van der Waals surface area contributed by atoms with Gasteiger partial charge in [-0.15, -0.1) is 4.72 Å². The van der Waals surface area contributed by atoms with Crippen LogP contribution in [0.3, 0.4) is 0 Å². The molecule has 0 saturated heterocycles. The Hall–Kier alpha value is -0.990. The second-order valence-corrected chi connectivity index (χ2v) is 7.54. The van der Waals surface area contributed by atoms with Crippen molar-refractivity contribution < 1.29 is 22.5 Å². The molecule has 0 aromatic carbocycles. The van der Waals surface area contributed by atoms with Crippen molar-refractivity contribution in [1.82, 2.24) is 9.71 Å². The van der Waals surface area contributed by atoms with Gasteiger partial charge in [0, 0.05) is 23.6 Å². The molecule has 0 radical (unpaired) electrons. The molecule has 1 rings (SSSR count). The topological polar surface area (TPSA) is 57.2 Å². The highest BCUT2D eigenvalue weighted by atomic mass is 32.2. The van der Waals surface area contributed by atoms with Crippen molar-refractivity contribution >= 4 is 11.4 Å². The summed E-state index contributed by atoms with van der Waals surface area (Å²) in [5, 5.41) is 0. The number of hydrogen-bond donors (Lipinski definition) is 1. The predicted octanol–water partition coefficient (Wildman–Crippen LogP) is 3.14. The summed E-state index contributed by atoms with van der Waals surface area (Å²) in [7, 11) is 0. The largest absolute Gasteiger partial charge is 0.598 e. The summed E-state index contributed by atoms with van der Waals surface area (Å²) in [6, 6.07) is 2.38. The summed E-state index contributed by atoms with van der Waals surface area (Å²) in [6.07, 6.45) is -3.03. The number of nitrogens with one attached hydrogen (secondary N) is 1. The maximum Gasteiger partial charge on any atom is 0.422 e. The molecule has 21 heavy (non-hydrogen) atoms. The van der Waals surface area contributed by atoms with Gasteiger partial charge in [-0.05, 0) is 33.8 Å². The van der Waals surface area contributed by atoms with Crippen molar-refractivity contribution in [2.24, 2.45) is 0 Å². The number of aromatic nitrogens is 1. The number of rotatable bonds is 5. The predicted molar refractivity (Wildman–Crippen MR) is 75.2 cm³/mol. The van der Waals surface area contributed by atoms with E-state index in [4.69, 9.17) is 0 Å². The molecule has 1 heterocycles. The van der Waals surface area contributed by atoms with Crippen molar-refractivity contribution in [3.8, 4) is 5.75 Å². The number of hydrogen-bond acceptors (Lipinski definition) is 4. The first kappa shape index (κ1) is 18.1. The average Bonchev–Trinajstić information content (AvgIpc) is 2.34. The highest BCUT2D eigenvalue weighted by Crippen LogP contribution is 2.22. The van der Waals surface area contributed by atoms with Crippen LogP contribution in [0.1, 0.15) is 39.4 Å². The molecule has 1 N–H and O–H groups in total. The third-order valence-corrected chi connectivity index (χ3v) is 4.12. The molecule has 0 aliphatic rings. The zero-order valence-corrected chi connectivity index (χ0v) is 13.1. The number of ether oxygens (including phenoxy) is 1. The monoisotopic (exact) mass is 324 g/mol. The molecule has 0 saturated carbocycles. The van der Waals surface area contributed by atoms with Crippen LogP contribution >= 0.6 is 0 Å². The highest BCUT2D eigenvalue weighted by molar-refractivity contribution is 7.90.